The van der Waals surface area contributed by atoms with E-state index in [1.54, 1.807) is 22.9 Å². The van der Waals surface area contributed by atoms with Crippen molar-refractivity contribution in [1.29, 1.82) is 0 Å². The zero-order valence-electron chi connectivity index (χ0n) is 31.0. The van der Waals surface area contributed by atoms with E-state index in [1.807, 2.05) is 95.9 Å². The second-order valence-corrected chi connectivity index (χ2v) is 15.0. The van der Waals surface area contributed by atoms with Gasteiger partial charge in [-0.3, -0.25) is 14.4 Å². The van der Waals surface area contributed by atoms with Gasteiger partial charge in [-0.2, -0.15) is 0 Å². The summed E-state index contributed by atoms with van der Waals surface area (Å²) in [5, 5.41) is 19.7. The summed E-state index contributed by atoms with van der Waals surface area (Å²) in [5.74, 6) is 0.355. The zero-order chi connectivity index (χ0) is 37.6. The lowest BCUT2D eigenvalue weighted by Gasteiger charge is -2.38. The first-order chi connectivity index (χ1) is 26.1. The maximum Gasteiger partial charge on any atom is 0.414 e. The predicted molar refractivity (Wildman–Crippen MR) is 203 cm³/mol. The fraction of sp³-hybridized carbons (Fsp3) is 0.349. The van der Waals surface area contributed by atoms with E-state index in [0.29, 0.717) is 38.4 Å². The summed E-state index contributed by atoms with van der Waals surface area (Å²) < 4.78 is 19.7. The standard InChI is InChI=1S/C43H45N5O6/c1-28-38(42(2,3)31-17-19-33(52-4)20-18-31)37(21-22-46-27-35(44-45-46)39(49)30-12-6-5-7-13-30)54-43(28)34-15-8-9-16-36(34)48(40(43)50)26-29-11-10-14-32(25-29)47-23-24-53-41(47)51/h5-20,25,27-28,37-39,49H,21-24,26H2,1-4H3/t28-,37+,38-,39+,43+/m0/s1. The van der Waals surface area contributed by atoms with Crippen LogP contribution in [0.4, 0.5) is 16.2 Å². The van der Waals surface area contributed by atoms with Crippen LogP contribution in [0.1, 0.15) is 61.2 Å². The van der Waals surface area contributed by atoms with Crippen LogP contribution >= 0.6 is 0 Å². The maximum absolute atomic E-state index is 15.2. The van der Waals surface area contributed by atoms with Gasteiger partial charge in [0.2, 0.25) is 0 Å². The minimum atomic E-state index is -1.23. The molecule has 5 atom stereocenters. The van der Waals surface area contributed by atoms with Gasteiger partial charge in [0.1, 0.15) is 24.2 Å². The van der Waals surface area contributed by atoms with Crippen molar-refractivity contribution in [1.82, 2.24) is 15.0 Å². The van der Waals surface area contributed by atoms with Gasteiger partial charge >= 0.3 is 6.09 Å². The molecule has 4 heterocycles. The number of hydrogen-bond acceptors (Lipinski definition) is 8. The number of carbonyl (C=O) groups is 2. The molecule has 1 aromatic heterocycles. The van der Waals surface area contributed by atoms with Crippen LogP contribution in [0.25, 0.3) is 0 Å². The van der Waals surface area contributed by atoms with E-state index in [0.717, 1.165) is 39.4 Å². The van der Waals surface area contributed by atoms with E-state index in [9.17, 15) is 9.90 Å². The Bertz CT molecular complexity index is 2150. The molecule has 278 valence electrons. The van der Waals surface area contributed by atoms with Gasteiger partial charge in [0, 0.05) is 29.6 Å². The maximum atomic E-state index is 15.2. The molecule has 1 spiro atoms. The second kappa shape index (κ2) is 14.0. The zero-order valence-corrected chi connectivity index (χ0v) is 31.0. The van der Waals surface area contributed by atoms with E-state index < -0.39 is 17.1 Å². The number of aryl methyl sites for hydroxylation is 1. The van der Waals surface area contributed by atoms with Gasteiger partial charge in [-0.05, 0) is 58.9 Å². The molecule has 5 aromatic rings. The molecule has 0 radical (unpaired) electrons. The largest absolute Gasteiger partial charge is 0.497 e. The number of rotatable bonds is 11. The minimum absolute atomic E-state index is 0.0924. The lowest BCUT2D eigenvalue weighted by molar-refractivity contribution is -0.146. The SMILES string of the molecule is COc1ccc(C(C)(C)[C@@H]2[C@@H](CCn3cc([C@H](O)c4ccccc4)nn3)O[C@]3(C(=O)N(Cc4cccc(N5CCOC5=O)c4)c4ccccc43)[C@H]2C)cc1. The van der Waals surface area contributed by atoms with Crippen LogP contribution in [-0.2, 0) is 38.4 Å². The Morgan fingerprint density at radius 1 is 0.981 bits per heavy atom. The number of anilines is 2. The molecule has 0 unspecified atom stereocenters. The second-order valence-electron chi connectivity index (χ2n) is 15.0. The molecule has 11 nitrogen and oxygen atoms in total. The Labute approximate surface area is 315 Å². The number of aromatic nitrogens is 3. The Morgan fingerprint density at radius 2 is 1.74 bits per heavy atom. The summed E-state index contributed by atoms with van der Waals surface area (Å²) in [6, 6.07) is 33.2. The average Bonchev–Trinajstić information content (AvgIpc) is 3.97. The monoisotopic (exact) mass is 727 g/mol. The molecule has 0 saturated carbocycles. The van der Waals surface area contributed by atoms with Gasteiger partial charge in [-0.1, -0.05) is 98.8 Å². The van der Waals surface area contributed by atoms with Gasteiger partial charge in [0.25, 0.3) is 5.91 Å². The Kier molecular flexibility index (Phi) is 9.23. The number of aliphatic hydroxyl groups excluding tert-OH is 1. The van der Waals surface area contributed by atoms with E-state index in [4.69, 9.17) is 14.2 Å². The summed E-state index contributed by atoms with van der Waals surface area (Å²) in [6.45, 7) is 8.23. The highest BCUT2D eigenvalue weighted by atomic mass is 16.6. The van der Waals surface area contributed by atoms with Crippen LogP contribution in [0.2, 0.25) is 0 Å². The van der Waals surface area contributed by atoms with Crippen LogP contribution in [0.15, 0.2) is 109 Å². The molecular weight excluding hydrogens is 683 g/mol. The number of methoxy groups -OCH3 is 1. The highest BCUT2D eigenvalue weighted by Crippen LogP contribution is 2.60. The molecule has 11 heteroatoms. The molecule has 2 saturated heterocycles. The van der Waals surface area contributed by atoms with Crippen molar-refractivity contribution in [3.63, 3.8) is 0 Å². The number of amides is 2. The molecule has 2 amide bonds. The third kappa shape index (κ3) is 6.01. The minimum Gasteiger partial charge on any atom is -0.497 e. The molecule has 1 N–H and O–H groups in total. The van der Waals surface area contributed by atoms with Crippen molar-refractivity contribution < 1.29 is 28.9 Å². The quantitative estimate of drug-likeness (QED) is 0.158. The number of cyclic esters (lactones) is 1. The molecule has 4 aromatic carbocycles. The first-order valence-electron chi connectivity index (χ1n) is 18.5. The predicted octanol–water partition coefficient (Wildman–Crippen LogP) is 6.79. The molecule has 3 aliphatic heterocycles. The summed E-state index contributed by atoms with van der Waals surface area (Å²) in [4.78, 5) is 31.0. The normalized spacial score (nSPS) is 22.9. The van der Waals surface area contributed by atoms with Gasteiger partial charge in [0.15, 0.2) is 5.60 Å². The van der Waals surface area contributed by atoms with Crippen molar-refractivity contribution >= 4 is 23.4 Å². The van der Waals surface area contributed by atoms with Crippen molar-refractivity contribution in [3.05, 3.63) is 137 Å². The van der Waals surface area contributed by atoms with Gasteiger partial charge in [-0.25, -0.2) is 4.79 Å². The van der Waals surface area contributed by atoms with Gasteiger partial charge in [-0.15, -0.1) is 5.10 Å². The number of nitrogens with zero attached hydrogens (tertiary/aromatic N) is 5. The van der Waals surface area contributed by atoms with E-state index in [1.165, 1.54) is 0 Å². The number of hydrogen-bond donors (Lipinski definition) is 1. The van der Waals surface area contributed by atoms with Crippen molar-refractivity contribution in [2.45, 2.75) is 63.5 Å². The van der Waals surface area contributed by atoms with Crippen molar-refractivity contribution in [2.24, 2.45) is 11.8 Å². The van der Waals surface area contributed by atoms with E-state index >= 15 is 4.79 Å². The number of benzene rings is 4. The third-order valence-electron chi connectivity index (χ3n) is 11.7. The van der Waals surface area contributed by atoms with Crippen LogP contribution in [0, 0.1) is 11.8 Å². The van der Waals surface area contributed by atoms with Crippen LogP contribution in [0.5, 0.6) is 5.75 Å². The topological polar surface area (TPSA) is 119 Å². The Morgan fingerprint density at radius 3 is 2.48 bits per heavy atom. The highest BCUT2D eigenvalue weighted by Gasteiger charge is 2.65. The van der Waals surface area contributed by atoms with Crippen LogP contribution in [0.3, 0.4) is 0 Å². The molecule has 54 heavy (non-hydrogen) atoms. The highest BCUT2D eigenvalue weighted by molar-refractivity contribution is 6.07. The molecule has 0 aliphatic carbocycles. The number of para-hydroxylation sites is 1. The van der Waals surface area contributed by atoms with Gasteiger partial charge in [0.05, 0.1) is 38.2 Å². The van der Waals surface area contributed by atoms with Crippen molar-refractivity contribution in [3.8, 4) is 5.75 Å². The third-order valence-corrected chi connectivity index (χ3v) is 11.7. The van der Waals surface area contributed by atoms with Gasteiger partial charge < -0.3 is 24.2 Å². The summed E-state index contributed by atoms with van der Waals surface area (Å²) in [7, 11) is 1.66. The van der Waals surface area contributed by atoms with Crippen LogP contribution < -0.4 is 14.5 Å². The lowest BCUT2D eigenvalue weighted by atomic mass is 9.63. The fourth-order valence-corrected chi connectivity index (χ4v) is 8.94. The molecular formula is C43H45N5O6. The molecule has 2 fully saturated rings. The smallest absolute Gasteiger partial charge is 0.414 e. The first kappa shape index (κ1) is 35.5. The average molecular weight is 728 g/mol. The summed E-state index contributed by atoms with van der Waals surface area (Å²) in [6.07, 6.45) is 0.738. The first-order valence-corrected chi connectivity index (χ1v) is 18.5. The fourth-order valence-electron chi connectivity index (χ4n) is 8.94. The lowest BCUT2D eigenvalue weighted by Crippen LogP contribution is -2.45. The number of fused-ring (bicyclic) bond motifs is 2. The Hall–Kier alpha value is -5.52. The number of carbonyl (C=O) groups excluding carboxylic acids is 2. The van der Waals surface area contributed by atoms with E-state index in [-0.39, 0.29) is 29.9 Å². The molecule has 3 aliphatic rings. The number of ether oxygens (including phenoxy) is 3. The molecule has 0 bridgehead atoms. The number of aliphatic hydroxyl groups is 1. The molecule has 8 rings (SSSR count). The Balaban J connectivity index is 1.13. The van der Waals surface area contributed by atoms with E-state index in [2.05, 4.69) is 43.2 Å². The van der Waals surface area contributed by atoms with Crippen LogP contribution in [-0.4, -0.2) is 58.5 Å². The summed E-state index contributed by atoms with van der Waals surface area (Å²) in [5.41, 5.74) is 3.98. The summed E-state index contributed by atoms with van der Waals surface area (Å²) >= 11 is 0. The van der Waals surface area contributed by atoms with Crippen molar-refractivity contribution in [2.75, 3.05) is 30.1 Å².